The van der Waals surface area contributed by atoms with Gasteiger partial charge < -0.3 is 10.1 Å². The molecule has 0 saturated heterocycles. The third-order valence-corrected chi connectivity index (χ3v) is 3.92. The highest BCUT2D eigenvalue weighted by Gasteiger charge is 2.18. The number of nitrogens with one attached hydrogen (secondary N) is 1. The molecule has 0 bridgehead atoms. The van der Waals surface area contributed by atoms with E-state index in [2.05, 4.69) is 20.7 Å². The van der Waals surface area contributed by atoms with E-state index in [-0.39, 0.29) is 6.04 Å². The lowest BCUT2D eigenvalue weighted by atomic mass is 10.2. The van der Waals surface area contributed by atoms with Gasteiger partial charge in [-0.2, -0.15) is 0 Å². The van der Waals surface area contributed by atoms with E-state index in [0.29, 0.717) is 6.61 Å². The Balaban J connectivity index is 2.13. The zero-order valence-electron chi connectivity index (χ0n) is 9.84. The molecule has 2 aromatic rings. The van der Waals surface area contributed by atoms with Gasteiger partial charge in [-0.3, -0.25) is 0 Å². The highest BCUT2D eigenvalue weighted by molar-refractivity contribution is 7.10. The summed E-state index contributed by atoms with van der Waals surface area (Å²) in [6.45, 7) is 3.49. The van der Waals surface area contributed by atoms with Crippen molar-refractivity contribution < 1.29 is 4.74 Å². The summed E-state index contributed by atoms with van der Waals surface area (Å²) in [5.41, 5.74) is 1.04. The van der Waals surface area contributed by atoms with Gasteiger partial charge in [0, 0.05) is 30.6 Å². The van der Waals surface area contributed by atoms with Crippen molar-refractivity contribution in [3.63, 3.8) is 0 Å². The molecule has 0 radical (unpaired) electrons. The molecule has 0 fully saturated rings. The minimum Gasteiger partial charge on any atom is -0.383 e. The quantitative estimate of drug-likeness (QED) is 0.817. The predicted octanol–water partition coefficient (Wildman–Crippen LogP) is 2.23. The van der Waals surface area contributed by atoms with E-state index in [1.54, 1.807) is 29.8 Å². The maximum absolute atomic E-state index is 5.05. The van der Waals surface area contributed by atoms with Crippen LogP contribution in [0.4, 0.5) is 0 Å². The van der Waals surface area contributed by atoms with Gasteiger partial charge in [-0.15, -0.1) is 22.7 Å². The van der Waals surface area contributed by atoms with Crippen molar-refractivity contribution in [1.82, 2.24) is 15.3 Å². The fraction of sp³-hybridized carbons (Fsp3) is 0.455. The zero-order chi connectivity index (χ0) is 12.1. The first kappa shape index (κ1) is 12.6. The van der Waals surface area contributed by atoms with Crippen LogP contribution in [0, 0.1) is 6.92 Å². The highest BCUT2D eigenvalue weighted by atomic mass is 32.1. The molecule has 0 aromatic carbocycles. The van der Waals surface area contributed by atoms with Gasteiger partial charge in [-0.25, -0.2) is 9.97 Å². The number of methoxy groups -OCH3 is 1. The Hall–Kier alpha value is -0.820. The fourth-order valence-corrected chi connectivity index (χ4v) is 2.87. The van der Waals surface area contributed by atoms with E-state index in [1.165, 1.54) is 0 Å². The van der Waals surface area contributed by atoms with Crippen molar-refractivity contribution in [2.75, 3.05) is 20.3 Å². The van der Waals surface area contributed by atoms with Crippen LogP contribution in [0.2, 0.25) is 0 Å². The topological polar surface area (TPSA) is 47.0 Å². The molecule has 2 heterocycles. The fourth-order valence-electron chi connectivity index (χ4n) is 1.51. The Bertz CT molecular complexity index is 441. The maximum atomic E-state index is 5.05. The minimum absolute atomic E-state index is 0.0788. The summed E-state index contributed by atoms with van der Waals surface area (Å²) in [5, 5.41) is 9.62. The summed E-state index contributed by atoms with van der Waals surface area (Å²) < 4.78 is 5.05. The Labute approximate surface area is 109 Å². The number of ether oxygens (including phenoxy) is 1. The second kappa shape index (κ2) is 6.20. The van der Waals surface area contributed by atoms with Gasteiger partial charge in [0.1, 0.15) is 11.0 Å². The number of hydrogen-bond acceptors (Lipinski definition) is 6. The monoisotopic (exact) mass is 269 g/mol. The first-order valence-corrected chi connectivity index (χ1v) is 7.11. The molecule has 92 valence electrons. The number of aryl methyl sites for hydroxylation is 1. The molecule has 0 aliphatic heterocycles. The van der Waals surface area contributed by atoms with E-state index in [9.17, 15) is 0 Å². The molecule has 1 N–H and O–H groups in total. The molecule has 4 nitrogen and oxygen atoms in total. The van der Waals surface area contributed by atoms with Crippen molar-refractivity contribution in [2.24, 2.45) is 0 Å². The van der Waals surface area contributed by atoms with Crippen molar-refractivity contribution >= 4 is 22.7 Å². The largest absolute Gasteiger partial charge is 0.383 e. The summed E-state index contributed by atoms with van der Waals surface area (Å²) in [5.74, 6) is 0. The molecule has 2 rings (SSSR count). The first-order valence-electron chi connectivity index (χ1n) is 5.35. The van der Waals surface area contributed by atoms with Gasteiger partial charge >= 0.3 is 0 Å². The third kappa shape index (κ3) is 3.32. The lowest BCUT2D eigenvalue weighted by molar-refractivity contribution is 0.197. The lowest BCUT2D eigenvalue weighted by Crippen LogP contribution is -2.26. The van der Waals surface area contributed by atoms with Crippen LogP contribution >= 0.6 is 22.7 Å². The first-order chi connectivity index (χ1) is 8.31. The molecule has 2 aromatic heterocycles. The second-order valence-corrected chi connectivity index (χ2v) is 5.53. The molecule has 0 aliphatic carbocycles. The van der Waals surface area contributed by atoms with Crippen LogP contribution in [0.1, 0.15) is 21.8 Å². The van der Waals surface area contributed by atoms with Gasteiger partial charge in [0.05, 0.1) is 17.3 Å². The van der Waals surface area contributed by atoms with E-state index in [0.717, 1.165) is 22.3 Å². The summed E-state index contributed by atoms with van der Waals surface area (Å²) in [7, 11) is 1.70. The molecule has 17 heavy (non-hydrogen) atoms. The molecular weight excluding hydrogens is 254 g/mol. The average molecular weight is 269 g/mol. The number of aromatic nitrogens is 2. The minimum atomic E-state index is 0.0788. The molecule has 6 heteroatoms. The van der Waals surface area contributed by atoms with Crippen LogP contribution in [-0.2, 0) is 4.74 Å². The SMILES string of the molecule is COCCNC(c1csc(C)n1)c1nccs1. The Morgan fingerprint density at radius 3 is 2.94 bits per heavy atom. The number of nitrogens with zero attached hydrogens (tertiary/aromatic N) is 2. The summed E-state index contributed by atoms with van der Waals surface area (Å²) in [4.78, 5) is 8.89. The summed E-state index contributed by atoms with van der Waals surface area (Å²) >= 11 is 3.31. The van der Waals surface area contributed by atoms with E-state index >= 15 is 0 Å². The van der Waals surface area contributed by atoms with Crippen LogP contribution in [0.15, 0.2) is 17.0 Å². The molecular formula is C11H15N3OS2. The Kier molecular flexibility index (Phi) is 4.61. The average Bonchev–Trinajstić information content (AvgIpc) is 2.96. The van der Waals surface area contributed by atoms with Crippen molar-refractivity contribution in [2.45, 2.75) is 13.0 Å². The van der Waals surface area contributed by atoms with Gasteiger partial charge in [0.25, 0.3) is 0 Å². The normalized spacial score (nSPS) is 12.8. The van der Waals surface area contributed by atoms with E-state index in [4.69, 9.17) is 4.74 Å². The number of thiazole rings is 2. The maximum Gasteiger partial charge on any atom is 0.116 e. The number of hydrogen-bond donors (Lipinski definition) is 1. The van der Waals surface area contributed by atoms with Gasteiger partial charge in [-0.1, -0.05) is 0 Å². The second-order valence-electron chi connectivity index (χ2n) is 3.54. The van der Waals surface area contributed by atoms with Crippen molar-refractivity contribution in [3.05, 3.63) is 32.7 Å². The molecule has 0 amide bonds. The molecule has 0 aliphatic rings. The van der Waals surface area contributed by atoms with Crippen LogP contribution in [0.25, 0.3) is 0 Å². The Morgan fingerprint density at radius 2 is 2.35 bits per heavy atom. The van der Waals surface area contributed by atoms with Gasteiger partial charge in [0.2, 0.25) is 0 Å². The van der Waals surface area contributed by atoms with Crippen molar-refractivity contribution in [1.29, 1.82) is 0 Å². The van der Waals surface area contributed by atoms with Crippen LogP contribution in [0.5, 0.6) is 0 Å². The standard InChI is InChI=1S/C11H15N3OS2/c1-8-14-9(7-17-8)10(12-3-5-15-2)11-13-4-6-16-11/h4,6-7,10,12H,3,5H2,1-2H3. The lowest BCUT2D eigenvalue weighted by Gasteiger charge is -2.13. The number of rotatable bonds is 6. The molecule has 1 unspecified atom stereocenters. The van der Waals surface area contributed by atoms with Gasteiger partial charge in [0.15, 0.2) is 0 Å². The van der Waals surface area contributed by atoms with Crippen LogP contribution in [-0.4, -0.2) is 30.2 Å². The summed E-state index contributed by atoms with van der Waals surface area (Å²) in [6.07, 6.45) is 1.82. The molecule has 0 saturated carbocycles. The van der Waals surface area contributed by atoms with E-state index in [1.807, 2.05) is 18.5 Å². The summed E-state index contributed by atoms with van der Waals surface area (Å²) in [6, 6.07) is 0.0788. The van der Waals surface area contributed by atoms with Crippen molar-refractivity contribution in [3.8, 4) is 0 Å². The molecule has 0 spiro atoms. The third-order valence-electron chi connectivity index (χ3n) is 2.29. The zero-order valence-corrected chi connectivity index (χ0v) is 11.5. The highest BCUT2D eigenvalue weighted by Crippen LogP contribution is 2.24. The predicted molar refractivity (Wildman–Crippen MR) is 70.7 cm³/mol. The van der Waals surface area contributed by atoms with Gasteiger partial charge in [-0.05, 0) is 6.92 Å². The van der Waals surface area contributed by atoms with Crippen LogP contribution < -0.4 is 5.32 Å². The van der Waals surface area contributed by atoms with E-state index < -0.39 is 0 Å². The Morgan fingerprint density at radius 1 is 1.47 bits per heavy atom. The van der Waals surface area contributed by atoms with Crippen LogP contribution in [0.3, 0.4) is 0 Å². The molecule has 1 atom stereocenters. The smallest absolute Gasteiger partial charge is 0.116 e.